The van der Waals surface area contributed by atoms with Crippen LogP contribution in [0.5, 0.6) is 0 Å². The summed E-state index contributed by atoms with van der Waals surface area (Å²) in [4.78, 5) is 151. The third-order valence-electron chi connectivity index (χ3n) is 16.4. The van der Waals surface area contributed by atoms with Crippen molar-refractivity contribution in [3.63, 3.8) is 0 Å². The molecule has 20 nitrogen and oxygen atoms in total. The van der Waals surface area contributed by atoms with Gasteiger partial charge in [-0.05, 0) is 114 Å². The van der Waals surface area contributed by atoms with Crippen molar-refractivity contribution in [1.82, 2.24) is 19.6 Å². The van der Waals surface area contributed by atoms with Gasteiger partial charge in [0, 0.05) is 39.0 Å². The quantitative estimate of drug-likeness (QED) is 0.0941. The van der Waals surface area contributed by atoms with E-state index in [1.165, 1.54) is 0 Å². The summed E-state index contributed by atoms with van der Waals surface area (Å²) in [6.45, 7) is 44.7. The number of hydrogen-bond acceptors (Lipinski definition) is 12. The number of aliphatic carboxylic acids is 4. The Morgan fingerprint density at radius 2 is 0.383 bits per heavy atom. The first-order valence-electron chi connectivity index (χ1n) is 30.4. The molecule has 4 aliphatic rings. The van der Waals surface area contributed by atoms with Gasteiger partial charge in [0.2, 0.25) is 0 Å². The molecule has 4 aliphatic heterocycles. The molecular formula is C72H92N4O16Rh2. The molecule has 0 saturated heterocycles. The molecule has 8 amide bonds. The molecule has 4 atom stereocenters. The number of carbonyl (C=O) groups excluding carboxylic acids is 8. The first-order valence-corrected chi connectivity index (χ1v) is 30.4. The number of hydrogen-bond donors (Lipinski definition) is 4. The van der Waals surface area contributed by atoms with Gasteiger partial charge in [-0.1, -0.05) is 190 Å². The van der Waals surface area contributed by atoms with E-state index in [0.29, 0.717) is 0 Å². The molecule has 514 valence electrons. The van der Waals surface area contributed by atoms with Crippen LogP contribution < -0.4 is 0 Å². The fraction of sp³-hybridized carbons (Fsp3) is 0.500. The van der Waals surface area contributed by atoms with Gasteiger partial charge >= 0.3 is 23.9 Å². The smallest absolute Gasteiger partial charge is 0.327 e. The van der Waals surface area contributed by atoms with Crippen LogP contribution in [0.1, 0.15) is 271 Å². The molecule has 4 unspecified atom stereocenters. The Hall–Kier alpha value is -7.43. The van der Waals surface area contributed by atoms with Crippen LogP contribution in [0.3, 0.4) is 0 Å². The van der Waals surface area contributed by atoms with E-state index in [-0.39, 0.29) is 105 Å². The Morgan fingerprint density at radius 1 is 0.255 bits per heavy atom. The number of nitrogens with zero attached hydrogens (tertiary/aromatic N) is 4. The Morgan fingerprint density at radius 3 is 0.489 bits per heavy atom. The number of imide groups is 4. The molecular weight excluding hydrogens is 1380 g/mol. The Kier molecular flexibility index (Phi) is 23.8. The average molecular weight is 1480 g/mol. The summed E-state index contributed by atoms with van der Waals surface area (Å²) >= 11 is 0. The number of carboxylic acids is 4. The molecule has 2 radical (unpaired) electrons. The largest absolute Gasteiger partial charge is 0.480 e. The van der Waals surface area contributed by atoms with Crippen LogP contribution in [0.15, 0.2) is 72.8 Å². The van der Waals surface area contributed by atoms with E-state index in [1.54, 1.807) is 132 Å². The molecule has 22 heteroatoms. The topological polar surface area (TPSA) is 299 Å². The Bertz CT molecular complexity index is 3270. The molecule has 4 heterocycles. The van der Waals surface area contributed by atoms with E-state index < -0.39 is 117 Å². The Labute approximate surface area is 577 Å². The van der Waals surface area contributed by atoms with Gasteiger partial charge in [-0.3, -0.25) is 58.0 Å². The number of rotatable bonds is 8. The van der Waals surface area contributed by atoms with E-state index >= 15 is 0 Å². The monoisotopic (exact) mass is 1470 g/mol. The van der Waals surface area contributed by atoms with E-state index in [0.717, 1.165) is 41.9 Å². The number of carbonyl (C=O) groups is 12. The van der Waals surface area contributed by atoms with Gasteiger partial charge in [0.05, 0.1) is 44.5 Å². The van der Waals surface area contributed by atoms with Crippen molar-refractivity contribution in [2.24, 2.45) is 21.7 Å². The van der Waals surface area contributed by atoms with E-state index in [4.69, 9.17) is 0 Å². The van der Waals surface area contributed by atoms with Crippen LogP contribution in [-0.2, 0) is 79.8 Å². The Balaban J connectivity index is 0.000000325. The third kappa shape index (κ3) is 16.6. The second-order valence-electron chi connectivity index (χ2n) is 32.4. The van der Waals surface area contributed by atoms with Crippen molar-refractivity contribution in [3.05, 3.63) is 140 Å². The van der Waals surface area contributed by atoms with Gasteiger partial charge in [0.15, 0.2) is 0 Å². The van der Waals surface area contributed by atoms with Crippen LogP contribution in [0.4, 0.5) is 0 Å². The maximum Gasteiger partial charge on any atom is 0.327 e. The SMILES string of the molecule is CC(C)(C)c1ccc2c(c1)C(=O)N(C(C(=O)O)C(C)(C)C)C2=O.CC(C)(C)c1ccc2c(c1)C(=O)N(C(C(=O)O)C(C)(C)C)C2=O.CC(C)(C)c1ccc2c(c1)C(=O)N(C(C(=O)O)C(C)(C)C)C2=O.CC(C)(C)c1ccc2c(c1)C(=O)N(C(C(=O)O)C(C)(C)C)C2=O.[Rh].[Rh]. The van der Waals surface area contributed by atoms with Crippen molar-refractivity contribution < 1.29 is 117 Å². The second kappa shape index (κ2) is 27.7. The van der Waals surface area contributed by atoms with Gasteiger partial charge in [0.25, 0.3) is 47.3 Å². The predicted octanol–water partition coefficient (Wildman–Crippen LogP) is 12.3. The molecule has 4 aromatic rings. The van der Waals surface area contributed by atoms with Crippen LogP contribution in [-0.4, -0.2) is 135 Å². The molecule has 4 N–H and O–H groups in total. The van der Waals surface area contributed by atoms with Gasteiger partial charge in [-0.15, -0.1) is 0 Å². The van der Waals surface area contributed by atoms with Crippen LogP contribution in [0.2, 0.25) is 0 Å². The first kappa shape index (κ1) is 80.8. The maximum atomic E-state index is 12.7. The van der Waals surface area contributed by atoms with E-state index in [1.807, 2.05) is 107 Å². The number of carboxylic acid groups (broad SMARTS) is 4. The maximum absolute atomic E-state index is 12.7. The molecule has 0 spiro atoms. The number of benzene rings is 4. The molecule has 4 aromatic carbocycles. The summed E-state index contributed by atoms with van der Waals surface area (Å²) in [5.41, 5.74) is 2.30. The average Bonchev–Trinajstić information content (AvgIpc) is 1.63. The van der Waals surface area contributed by atoms with Crippen LogP contribution >= 0.6 is 0 Å². The molecule has 94 heavy (non-hydrogen) atoms. The molecule has 8 rings (SSSR count). The van der Waals surface area contributed by atoms with Crippen molar-refractivity contribution >= 4 is 71.1 Å². The van der Waals surface area contributed by atoms with E-state index in [9.17, 15) is 78.0 Å². The third-order valence-corrected chi connectivity index (χ3v) is 16.4. The molecule has 0 bridgehead atoms. The van der Waals surface area contributed by atoms with Gasteiger partial charge < -0.3 is 20.4 Å². The summed E-state index contributed by atoms with van der Waals surface area (Å²) in [6, 6.07) is 15.8. The predicted molar refractivity (Wildman–Crippen MR) is 346 cm³/mol. The minimum atomic E-state index is -1.20. The van der Waals surface area contributed by atoms with E-state index in [2.05, 4.69) is 0 Å². The second-order valence-corrected chi connectivity index (χ2v) is 32.4. The van der Waals surface area contributed by atoms with Gasteiger partial charge in [-0.25, -0.2) is 19.2 Å². The van der Waals surface area contributed by atoms with Crippen LogP contribution in [0, 0.1) is 21.7 Å². The minimum Gasteiger partial charge on any atom is -0.480 e. The standard InChI is InChI=1S/4C18H23NO4.2Rh/c4*1-17(2,3)10-7-8-11-12(9-10)15(21)19(14(11)20)13(16(22)23)18(4,5)6;;/h4*7-9,13H,1-6H3,(H,22,23);;. The van der Waals surface area contributed by atoms with Crippen molar-refractivity contribution in [2.75, 3.05) is 0 Å². The fourth-order valence-electron chi connectivity index (χ4n) is 11.3. The number of amides is 8. The van der Waals surface area contributed by atoms with Gasteiger partial charge in [0.1, 0.15) is 24.2 Å². The van der Waals surface area contributed by atoms with Crippen molar-refractivity contribution in [3.8, 4) is 0 Å². The molecule has 0 aliphatic carbocycles. The molecule has 0 fully saturated rings. The van der Waals surface area contributed by atoms with Crippen molar-refractivity contribution in [2.45, 2.75) is 212 Å². The summed E-state index contributed by atoms with van der Waals surface area (Å²) < 4.78 is 0. The summed E-state index contributed by atoms with van der Waals surface area (Å²) in [6.07, 6.45) is 0. The molecule has 0 aromatic heterocycles. The molecule has 0 saturated carbocycles. The fourth-order valence-corrected chi connectivity index (χ4v) is 11.3. The summed E-state index contributed by atoms with van der Waals surface area (Å²) in [7, 11) is 0. The minimum absolute atomic E-state index is 0. The summed E-state index contributed by atoms with van der Waals surface area (Å²) in [5, 5.41) is 38.1. The normalized spacial score (nSPS) is 16.2. The van der Waals surface area contributed by atoms with Gasteiger partial charge in [-0.2, -0.15) is 0 Å². The zero-order valence-electron chi connectivity index (χ0n) is 58.4. The zero-order valence-corrected chi connectivity index (χ0v) is 61.7. The van der Waals surface area contributed by atoms with Crippen molar-refractivity contribution in [1.29, 1.82) is 0 Å². The zero-order chi connectivity index (χ0) is 71.0. The number of fused-ring (bicyclic) bond motifs is 4. The first-order chi connectivity index (χ1) is 41.4. The van der Waals surface area contributed by atoms with Crippen LogP contribution in [0.25, 0.3) is 0 Å². The summed E-state index contributed by atoms with van der Waals surface area (Å²) in [5.74, 6) is -8.97.